The van der Waals surface area contributed by atoms with Gasteiger partial charge in [0.15, 0.2) is 0 Å². The molecule has 0 aliphatic rings. The van der Waals surface area contributed by atoms with Crippen molar-refractivity contribution in [3.05, 3.63) is 44.4 Å². The number of pyridine rings is 1. The first-order chi connectivity index (χ1) is 6.15. The van der Waals surface area contributed by atoms with Crippen molar-refractivity contribution in [2.75, 3.05) is 0 Å². The van der Waals surface area contributed by atoms with Gasteiger partial charge in [0, 0.05) is 21.9 Å². The molecule has 0 saturated carbocycles. The Labute approximate surface area is 91.4 Å². The lowest BCUT2D eigenvalue weighted by Gasteiger charge is -2.05. The third kappa shape index (κ3) is 2.69. The lowest BCUT2D eigenvalue weighted by atomic mass is 10.3. The first-order valence-electron chi connectivity index (χ1n) is 4.12. The molecule has 70 valence electrons. The van der Waals surface area contributed by atoms with Crippen LogP contribution < -0.4 is 5.56 Å². The van der Waals surface area contributed by atoms with Gasteiger partial charge in [-0.2, -0.15) is 0 Å². The quantitative estimate of drug-likeness (QED) is 0.618. The maximum Gasteiger partial charge on any atom is 0.253 e. The SMILES string of the molecule is C=CCCn1cc(I)cc(C)c1=O. The van der Waals surface area contributed by atoms with Gasteiger partial charge in [0.1, 0.15) is 0 Å². The van der Waals surface area contributed by atoms with Crippen LogP contribution >= 0.6 is 22.6 Å². The van der Waals surface area contributed by atoms with Crippen molar-refractivity contribution in [2.45, 2.75) is 19.9 Å². The maximum absolute atomic E-state index is 11.6. The van der Waals surface area contributed by atoms with Gasteiger partial charge in [-0.25, -0.2) is 0 Å². The predicted octanol–water partition coefficient (Wildman–Crippen LogP) is 2.34. The minimum absolute atomic E-state index is 0.0993. The highest BCUT2D eigenvalue weighted by atomic mass is 127. The van der Waals surface area contributed by atoms with Crippen molar-refractivity contribution in [1.82, 2.24) is 4.57 Å². The molecule has 0 aliphatic heterocycles. The third-order valence-corrected chi connectivity index (χ3v) is 2.40. The van der Waals surface area contributed by atoms with Crippen molar-refractivity contribution in [1.29, 1.82) is 0 Å². The molecule has 2 nitrogen and oxygen atoms in total. The smallest absolute Gasteiger partial charge is 0.253 e. The summed E-state index contributed by atoms with van der Waals surface area (Å²) in [6.07, 6.45) is 4.53. The minimum Gasteiger partial charge on any atom is -0.314 e. The number of halogens is 1. The van der Waals surface area contributed by atoms with Gasteiger partial charge in [0.2, 0.25) is 0 Å². The summed E-state index contributed by atoms with van der Waals surface area (Å²) in [6, 6.07) is 1.90. The van der Waals surface area contributed by atoms with Crippen LogP contribution in [0.1, 0.15) is 12.0 Å². The lowest BCUT2D eigenvalue weighted by Crippen LogP contribution is -2.21. The molecule has 0 atom stereocenters. The van der Waals surface area contributed by atoms with E-state index in [9.17, 15) is 4.79 Å². The first kappa shape index (κ1) is 10.5. The maximum atomic E-state index is 11.6. The van der Waals surface area contributed by atoms with E-state index in [1.54, 1.807) is 4.57 Å². The molecule has 0 radical (unpaired) electrons. The molecular weight excluding hydrogens is 277 g/mol. The Kier molecular flexibility index (Phi) is 3.71. The van der Waals surface area contributed by atoms with Crippen molar-refractivity contribution in [3.8, 4) is 0 Å². The number of nitrogens with zero attached hydrogens (tertiary/aromatic N) is 1. The van der Waals surface area contributed by atoms with Crippen LogP contribution in [-0.4, -0.2) is 4.57 Å². The molecule has 13 heavy (non-hydrogen) atoms. The Morgan fingerprint density at radius 1 is 1.69 bits per heavy atom. The number of aryl methyl sites for hydroxylation is 2. The fourth-order valence-corrected chi connectivity index (χ4v) is 1.94. The number of hydrogen-bond donors (Lipinski definition) is 0. The van der Waals surface area contributed by atoms with Crippen molar-refractivity contribution >= 4 is 22.6 Å². The van der Waals surface area contributed by atoms with Crippen LogP contribution in [0, 0.1) is 10.5 Å². The van der Waals surface area contributed by atoms with Crippen LogP contribution in [0.3, 0.4) is 0 Å². The van der Waals surface area contributed by atoms with Crippen LogP contribution in [-0.2, 0) is 6.54 Å². The average Bonchev–Trinajstić information content (AvgIpc) is 2.09. The van der Waals surface area contributed by atoms with Gasteiger partial charge in [-0.15, -0.1) is 6.58 Å². The highest BCUT2D eigenvalue weighted by molar-refractivity contribution is 14.1. The number of rotatable bonds is 3. The van der Waals surface area contributed by atoms with Crippen molar-refractivity contribution in [3.63, 3.8) is 0 Å². The van der Waals surface area contributed by atoms with Crippen molar-refractivity contribution < 1.29 is 0 Å². The molecule has 0 N–H and O–H groups in total. The molecule has 3 heteroatoms. The highest BCUT2D eigenvalue weighted by Crippen LogP contribution is 2.03. The van der Waals surface area contributed by atoms with E-state index in [1.165, 1.54) is 0 Å². The zero-order chi connectivity index (χ0) is 9.84. The van der Waals surface area contributed by atoms with E-state index >= 15 is 0 Å². The van der Waals surface area contributed by atoms with Gasteiger partial charge in [0.25, 0.3) is 5.56 Å². The largest absolute Gasteiger partial charge is 0.314 e. The van der Waals surface area contributed by atoms with E-state index in [4.69, 9.17) is 0 Å². The third-order valence-electron chi connectivity index (χ3n) is 1.81. The predicted molar refractivity (Wildman–Crippen MR) is 63.0 cm³/mol. The van der Waals surface area contributed by atoms with Gasteiger partial charge < -0.3 is 4.57 Å². The monoisotopic (exact) mass is 289 g/mol. The van der Waals surface area contributed by atoms with Crippen LogP contribution in [0.5, 0.6) is 0 Å². The second-order valence-corrected chi connectivity index (χ2v) is 4.16. The summed E-state index contributed by atoms with van der Waals surface area (Å²) in [7, 11) is 0. The molecule has 0 bridgehead atoms. The summed E-state index contributed by atoms with van der Waals surface area (Å²) >= 11 is 2.21. The summed E-state index contributed by atoms with van der Waals surface area (Å²) in [5, 5.41) is 0. The van der Waals surface area contributed by atoms with Crippen LogP contribution in [0.2, 0.25) is 0 Å². The molecule has 1 aromatic rings. The number of aromatic nitrogens is 1. The molecule has 0 amide bonds. The van der Waals surface area contributed by atoms with E-state index in [-0.39, 0.29) is 5.56 Å². The standard InChI is InChI=1S/C10H12INO/c1-3-4-5-12-7-9(11)6-8(2)10(12)13/h3,6-7H,1,4-5H2,2H3. The molecular formula is C10H12INO. The molecule has 1 aromatic heterocycles. The Balaban J connectivity index is 3.05. The second kappa shape index (κ2) is 4.60. The molecule has 0 spiro atoms. The zero-order valence-corrected chi connectivity index (χ0v) is 9.74. The Morgan fingerprint density at radius 3 is 3.00 bits per heavy atom. The summed E-state index contributed by atoms with van der Waals surface area (Å²) in [5.41, 5.74) is 0.901. The van der Waals surface area contributed by atoms with E-state index in [2.05, 4.69) is 29.2 Å². The highest BCUT2D eigenvalue weighted by Gasteiger charge is 1.99. The zero-order valence-electron chi connectivity index (χ0n) is 7.59. The van der Waals surface area contributed by atoms with Gasteiger partial charge in [0.05, 0.1) is 0 Å². The Bertz CT molecular complexity index is 368. The molecule has 1 heterocycles. The lowest BCUT2D eigenvalue weighted by molar-refractivity contribution is 0.674. The molecule has 0 fully saturated rings. The Hall–Kier alpha value is -0.580. The van der Waals surface area contributed by atoms with E-state index in [1.807, 2.05) is 25.3 Å². The molecule has 0 aliphatic carbocycles. The topological polar surface area (TPSA) is 22.0 Å². The summed E-state index contributed by atoms with van der Waals surface area (Å²) < 4.78 is 2.83. The fourth-order valence-electron chi connectivity index (χ4n) is 1.14. The summed E-state index contributed by atoms with van der Waals surface area (Å²) in [5.74, 6) is 0. The van der Waals surface area contributed by atoms with Gasteiger partial charge >= 0.3 is 0 Å². The van der Waals surface area contributed by atoms with Gasteiger partial charge in [-0.1, -0.05) is 6.08 Å². The second-order valence-electron chi connectivity index (χ2n) is 2.92. The normalized spacial score (nSPS) is 10.0. The minimum atomic E-state index is 0.0993. The number of hydrogen-bond acceptors (Lipinski definition) is 1. The summed E-state index contributed by atoms with van der Waals surface area (Å²) in [6.45, 7) is 6.20. The van der Waals surface area contributed by atoms with E-state index in [0.29, 0.717) is 0 Å². The molecule has 0 unspecified atom stereocenters. The van der Waals surface area contributed by atoms with Gasteiger partial charge in [-0.05, 0) is 42.0 Å². The first-order valence-corrected chi connectivity index (χ1v) is 5.20. The molecule has 0 saturated heterocycles. The average molecular weight is 289 g/mol. The van der Waals surface area contributed by atoms with Crippen LogP contribution in [0.15, 0.2) is 29.7 Å². The molecule has 0 aromatic carbocycles. The number of allylic oxidation sites excluding steroid dienone is 1. The van der Waals surface area contributed by atoms with Crippen LogP contribution in [0.4, 0.5) is 0 Å². The molecule has 1 rings (SSSR count). The fraction of sp³-hybridized carbons (Fsp3) is 0.300. The van der Waals surface area contributed by atoms with E-state index in [0.717, 1.165) is 22.1 Å². The summed E-state index contributed by atoms with van der Waals surface area (Å²) in [4.78, 5) is 11.6. The van der Waals surface area contributed by atoms with Crippen LogP contribution in [0.25, 0.3) is 0 Å². The van der Waals surface area contributed by atoms with Crippen molar-refractivity contribution in [2.24, 2.45) is 0 Å². The Morgan fingerprint density at radius 2 is 2.38 bits per heavy atom. The van der Waals surface area contributed by atoms with Gasteiger partial charge in [-0.3, -0.25) is 4.79 Å². The van der Waals surface area contributed by atoms with E-state index < -0.39 is 0 Å².